The standard InChI is InChI=1S/C15H20F3NO2/c1-4-14(2)12(19-3)9-13(14)20-10-5-7-11(8-6-10)21-15(16,17)18/h5-8,12-13,19H,4,9H2,1-3H3. The lowest BCUT2D eigenvalue weighted by molar-refractivity contribution is -0.274. The van der Waals surface area contributed by atoms with E-state index in [0.717, 1.165) is 12.8 Å². The first-order valence-corrected chi connectivity index (χ1v) is 6.98. The summed E-state index contributed by atoms with van der Waals surface area (Å²) in [5.74, 6) is 0.318. The summed E-state index contributed by atoms with van der Waals surface area (Å²) in [4.78, 5) is 0. The minimum atomic E-state index is -4.67. The van der Waals surface area contributed by atoms with Crippen molar-refractivity contribution in [1.82, 2.24) is 5.32 Å². The van der Waals surface area contributed by atoms with E-state index < -0.39 is 6.36 Å². The Morgan fingerprint density at radius 3 is 2.29 bits per heavy atom. The van der Waals surface area contributed by atoms with Crippen LogP contribution in [0.2, 0.25) is 0 Å². The summed E-state index contributed by atoms with van der Waals surface area (Å²) in [5, 5.41) is 3.27. The monoisotopic (exact) mass is 303 g/mol. The van der Waals surface area contributed by atoms with Gasteiger partial charge in [0.15, 0.2) is 0 Å². The van der Waals surface area contributed by atoms with Crippen LogP contribution in [0.25, 0.3) is 0 Å². The Kier molecular flexibility index (Phi) is 4.37. The van der Waals surface area contributed by atoms with Gasteiger partial charge in [0.05, 0.1) is 0 Å². The Bertz CT molecular complexity index is 475. The highest BCUT2D eigenvalue weighted by Crippen LogP contribution is 2.46. The molecule has 1 aromatic rings. The number of ether oxygens (including phenoxy) is 2. The molecule has 6 heteroatoms. The van der Waals surface area contributed by atoms with Crippen molar-refractivity contribution in [3.63, 3.8) is 0 Å². The van der Waals surface area contributed by atoms with Crippen LogP contribution in [0.3, 0.4) is 0 Å². The van der Waals surface area contributed by atoms with Crippen LogP contribution in [0.5, 0.6) is 11.5 Å². The van der Waals surface area contributed by atoms with Crippen molar-refractivity contribution in [2.75, 3.05) is 7.05 Å². The highest BCUT2D eigenvalue weighted by atomic mass is 19.4. The van der Waals surface area contributed by atoms with E-state index in [1.54, 1.807) is 0 Å². The third kappa shape index (κ3) is 3.43. The predicted molar refractivity (Wildman–Crippen MR) is 73.4 cm³/mol. The normalized spacial score (nSPS) is 28.9. The SMILES string of the molecule is CCC1(C)C(NC)CC1Oc1ccc(OC(F)(F)F)cc1. The molecule has 0 aromatic heterocycles. The topological polar surface area (TPSA) is 30.5 Å². The summed E-state index contributed by atoms with van der Waals surface area (Å²) in [7, 11) is 1.93. The van der Waals surface area contributed by atoms with Crippen molar-refractivity contribution in [1.29, 1.82) is 0 Å². The minimum absolute atomic E-state index is 0.0376. The van der Waals surface area contributed by atoms with Crippen LogP contribution in [-0.4, -0.2) is 25.6 Å². The van der Waals surface area contributed by atoms with Crippen molar-refractivity contribution in [2.24, 2.45) is 5.41 Å². The van der Waals surface area contributed by atoms with Crippen LogP contribution in [0.15, 0.2) is 24.3 Å². The fourth-order valence-electron chi connectivity index (χ4n) is 2.80. The Morgan fingerprint density at radius 2 is 1.81 bits per heavy atom. The quantitative estimate of drug-likeness (QED) is 0.899. The van der Waals surface area contributed by atoms with E-state index in [1.165, 1.54) is 24.3 Å². The molecule has 2 rings (SSSR count). The van der Waals surface area contributed by atoms with Gasteiger partial charge in [0.2, 0.25) is 0 Å². The molecule has 0 saturated heterocycles. The first kappa shape index (κ1) is 15.9. The lowest BCUT2D eigenvalue weighted by atomic mass is 9.61. The Labute approximate surface area is 122 Å². The predicted octanol–water partition coefficient (Wildman–Crippen LogP) is 3.74. The van der Waals surface area contributed by atoms with Gasteiger partial charge in [-0.05, 0) is 37.7 Å². The Hall–Kier alpha value is -1.43. The van der Waals surface area contributed by atoms with Crippen molar-refractivity contribution < 1.29 is 22.6 Å². The lowest BCUT2D eigenvalue weighted by Crippen LogP contribution is -2.62. The maximum Gasteiger partial charge on any atom is 0.573 e. The number of alkyl halides is 3. The van der Waals surface area contributed by atoms with Gasteiger partial charge in [0.25, 0.3) is 0 Å². The molecular weight excluding hydrogens is 283 g/mol. The van der Waals surface area contributed by atoms with Gasteiger partial charge >= 0.3 is 6.36 Å². The average molecular weight is 303 g/mol. The molecule has 1 saturated carbocycles. The number of halogens is 3. The first-order valence-electron chi connectivity index (χ1n) is 6.98. The molecule has 1 aromatic carbocycles. The van der Waals surface area contributed by atoms with Gasteiger partial charge in [-0.1, -0.05) is 13.8 Å². The molecule has 3 unspecified atom stereocenters. The fourth-order valence-corrected chi connectivity index (χ4v) is 2.80. The summed E-state index contributed by atoms with van der Waals surface area (Å²) < 4.78 is 46.0. The molecule has 3 atom stereocenters. The molecule has 1 aliphatic carbocycles. The van der Waals surface area contributed by atoms with Gasteiger partial charge in [0.1, 0.15) is 17.6 Å². The number of nitrogens with one attached hydrogen (secondary N) is 1. The Balaban J connectivity index is 1.98. The summed E-state index contributed by atoms with van der Waals surface area (Å²) in [5.41, 5.74) is 0.0376. The molecule has 0 aliphatic heterocycles. The zero-order chi connectivity index (χ0) is 15.7. The third-order valence-corrected chi connectivity index (χ3v) is 4.43. The van der Waals surface area contributed by atoms with Gasteiger partial charge in [-0.25, -0.2) is 0 Å². The van der Waals surface area contributed by atoms with E-state index in [2.05, 4.69) is 23.9 Å². The maximum atomic E-state index is 12.1. The van der Waals surface area contributed by atoms with Crippen molar-refractivity contribution in [3.05, 3.63) is 24.3 Å². The van der Waals surface area contributed by atoms with Crippen LogP contribution >= 0.6 is 0 Å². The smallest absolute Gasteiger partial charge is 0.490 e. The summed E-state index contributed by atoms with van der Waals surface area (Å²) in [6.07, 6.45) is -2.74. The number of hydrogen-bond donors (Lipinski definition) is 1. The molecule has 118 valence electrons. The van der Waals surface area contributed by atoms with Crippen molar-refractivity contribution in [3.8, 4) is 11.5 Å². The summed E-state index contributed by atoms with van der Waals surface area (Å²) in [6, 6.07) is 5.94. The highest BCUT2D eigenvalue weighted by Gasteiger charge is 2.51. The van der Waals surface area contributed by atoms with Gasteiger partial charge in [0, 0.05) is 17.9 Å². The molecule has 1 fully saturated rings. The first-order chi connectivity index (χ1) is 9.78. The molecule has 0 bridgehead atoms. The lowest BCUT2D eigenvalue weighted by Gasteiger charge is -2.53. The maximum absolute atomic E-state index is 12.1. The van der Waals surface area contributed by atoms with Gasteiger partial charge in [-0.15, -0.1) is 13.2 Å². The highest BCUT2D eigenvalue weighted by molar-refractivity contribution is 5.32. The van der Waals surface area contributed by atoms with E-state index in [1.807, 2.05) is 7.05 Å². The molecule has 0 radical (unpaired) electrons. The van der Waals surface area contributed by atoms with Crippen LogP contribution < -0.4 is 14.8 Å². The third-order valence-electron chi connectivity index (χ3n) is 4.43. The molecule has 21 heavy (non-hydrogen) atoms. The zero-order valence-electron chi connectivity index (χ0n) is 12.3. The van der Waals surface area contributed by atoms with Crippen LogP contribution in [0.4, 0.5) is 13.2 Å². The van der Waals surface area contributed by atoms with Gasteiger partial charge in [-0.3, -0.25) is 0 Å². The van der Waals surface area contributed by atoms with E-state index >= 15 is 0 Å². The molecule has 0 heterocycles. The van der Waals surface area contributed by atoms with E-state index in [4.69, 9.17) is 4.74 Å². The second-order valence-electron chi connectivity index (χ2n) is 5.56. The van der Waals surface area contributed by atoms with Crippen molar-refractivity contribution >= 4 is 0 Å². The molecule has 0 spiro atoms. The molecular formula is C15H20F3NO2. The summed E-state index contributed by atoms with van der Waals surface area (Å²) >= 11 is 0. The number of benzene rings is 1. The van der Waals surface area contributed by atoms with E-state index in [9.17, 15) is 13.2 Å². The van der Waals surface area contributed by atoms with Crippen LogP contribution in [0, 0.1) is 5.41 Å². The molecule has 1 aliphatic rings. The minimum Gasteiger partial charge on any atom is -0.490 e. The van der Waals surface area contributed by atoms with E-state index in [0.29, 0.717) is 11.8 Å². The fraction of sp³-hybridized carbons (Fsp3) is 0.600. The Morgan fingerprint density at radius 1 is 1.24 bits per heavy atom. The number of rotatable bonds is 5. The summed E-state index contributed by atoms with van der Waals surface area (Å²) in [6.45, 7) is 4.27. The molecule has 0 amide bonds. The molecule has 1 N–H and O–H groups in total. The largest absolute Gasteiger partial charge is 0.573 e. The van der Waals surface area contributed by atoms with Crippen LogP contribution in [0.1, 0.15) is 26.7 Å². The second-order valence-corrected chi connectivity index (χ2v) is 5.56. The number of hydrogen-bond acceptors (Lipinski definition) is 3. The van der Waals surface area contributed by atoms with Gasteiger partial charge in [-0.2, -0.15) is 0 Å². The van der Waals surface area contributed by atoms with Crippen molar-refractivity contribution in [2.45, 2.75) is 45.2 Å². The van der Waals surface area contributed by atoms with Gasteiger partial charge < -0.3 is 14.8 Å². The molecule has 3 nitrogen and oxygen atoms in total. The average Bonchev–Trinajstić information content (AvgIpc) is 2.42. The zero-order valence-corrected chi connectivity index (χ0v) is 12.3. The van der Waals surface area contributed by atoms with Crippen LogP contribution in [-0.2, 0) is 0 Å². The van der Waals surface area contributed by atoms with E-state index in [-0.39, 0.29) is 17.3 Å². The second kappa shape index (κ2) is 5.75.